The molecule has 1 aromatic carbocycles. The van der Waals surface area contributed by atoms with E-state index in [0.717, 1.165) is 23.6 Å². The number of hydrogen-bond acceptors (Lipinski definition) is 5. The van der Waals surface area contributed by atoms with Gasteiger partial charge >= 0.3 is 10.3 Å². The first-order valence-electron chi connectivity index (χ1n) is 7.73. The van der Waals surface area contributed by atoms with Gasteiger partial charge in [-0.2, -0.15) is 12.7 Å². The molecule has 1 aliphatic heterocycles. The Labute approximate surface area is 136 Å². The second kappa shape index (κ2) is 6.03. The van der Waals surface area contributed by atoms with Crippen molar-refractivity contribution >= 4 is 16.0 Å². The molecule has 2 fully saturated rings. The Bertz CT molecular complexity index is 672. The van der Waals surface area contributed by atoms with Gasteiger partial charge in [0.2, 0.25) is 0 Å². The lowest BCUT2D eigenvalue weighted by Gasteiger charge is -2.32. The van der Waals surface area contributed by atoms with E-state index in [1.165, 1.54) is 7.05 Å². The zero-order chi connectivity index (χ0) is 16.7. The van der Waals surface area contributed by atoms with Crippen LogP contribution >= 0.6 is 0 Å². The number of nitrogens with zero attached hydrogens (tertiary/aromatic N) is 1. The van der Waals surface area contributed by atoms with Crippen molar-refractivity contribution in [1.82, 2.24) is 4.31 Å². The molecule has 1 aliphatic carbocycles. The van der Waals surface area contributed by atoms with Gasteiger partial charge in [-0.1, -0.05) is 24.6 Å². The second-order valence-corrected chi connectivity index (χ2v) is 7.61. The quantitative estimate of drug-likeness (QED) is 0.644. The molecule has 7 nitrogen and oxygen atoms in total. The van der Waals surface area contributed by atoms with Crippen LogP contribution in [0, 0.1) is 0 Å². The predicted molar refractivity (Wildman–Crippen MR) is 84.7 cm³/mol. The third-order valence-corrected chi connectivity index (χ3v) is 5.51. The maximum atomic E-state index is 11.6. The van der Waals surface area contributed by atoms with Crippen LogP contribution in [0.25, 0.3) is 0 Å². The molecule has 2 aliphatic rings. The largest absolute Gasteiger partial charge is 0.398 e. The van der Waals surface area contributed by atoms with Gasteiger partial charge in [-0.15, -0.1) is 0 Å². The lowest BCUT2D eigenvalue weighted by molar-refractivity contribution is -0.200. The van der Waals surface area contributed by atoms with Crippen LogP contribution in [0.5, 0.6) is 0 Å². The van der Waals surface area contributed by atoms with Crippen LogP contribution in [0.2, 0.25) is 0 Å². The summed E-state index contributed by atoms with van der Waals surface area (Å²) in [6.45, 7) is 0. The second-order valence-electron chi connectivity index (χ2n) is 6.14. The van der Waals surface area contributed by atoms with Crippen molar-refractivity contribution in [1.29, 1.82) is 0 Å². The van der Waals surface area contributed by atoms with E-state index in [-0.39, 0.29) is 0 Å². The number of rotatable bonds is 3. The van der Waals surface area contributed by atoms with Crippen molar-refractivity contribution in [3.63, 3.8) is 0 Å². The summed E-state index contributed by atoms with van der Waals surface area (Å²) in [5.41, 5.74) is 7.19. The zero-order valence-electron chi connectivity index (χ0n) is 13.0. The Morgan fingerprint density at radius 1 is 1.22 bits per heavy atom. The molecule has 1 heterocycles. The summed E-state index contributed by atoms with van der Waals surface area (Å²) in [4.78, 5) is 0. The SMILES string of the molecule is CN(C1OC2(CCCCC2)OC1c1ccccc1N)S(=O)(=O)O. The maximum Gasteiger partial charge on any atom is 0.337 e. The highest BCUT2D eigenvalue weighted by Crippen LogP contribution is 2.47. The number of anilines is 1. The van der Waals surface area contributed by atoms with E-state index in [4.69, 9.17) is 15.2 Å². The summed E-state index contributed by atoms with van der Waals surface area (Å²) in [5.74, 6) is -0.811. The van der Waals surface area contributed by atoms with Gasteiger partial charge in [-0.25, -0.2) is 0 Å². The summed E-state index contributed by atoms with van der Waals surface area (Å²) in [5, 5.41) is 0. The molecule has 3 N–H and O–H groups in total. The van der Waals surface area contributed by atoms with Gasteiger partial charge in [0.25, 0.3) is 0 Å². The van der Waals surface area contributed by atoms with Crippen LogP contribution < -0.4 is 5.73 Å². The first kappa shape index (κ1) is 16.7. The van der Waals surface area contributed by atoms with E-state index >= 15 is 0 Å². The molecule has 2 unspecified atom stereocenters. The molecule has 0 aromatic heterocycles. The average Bonchev–Trinajstić information content (AvgIpc) is 2.85. The molecule has 0 amide bonds. The van der Waals surface area contributed by atoms with Crippen molar-refractivity contribution in [2.45, 2.75) is 50.2 Å². The zero-order valence-corrected chi connectivity index (χ0v) is 13.8. The van der Waals surface area contributed by atoms with E-state index in [2.05, 4.69) is 0 Å². The number of likely N-dealkylation sites (N-methyl/N-ethyl adjacent to an activating group) is 1. The van der Waals surface area contributed by atoms with Crippen molar-refractivity contribution in [2.75, 3.05) is 12.8 Å². The smallest absolute Gasteiger partial charge is 0.337 e. The number of nitrogens with two attached hydrogens (primary N) is 1. The Hall–Kier alpha value is -1.19. The monoisotopic (exact) mass is 342 g/mol. The van der Waals surface area contributed by atoms with Gasteiger partial charge in [0.05, 0.1) is 0 Å². The van der Waals surface area contributed by atoms with Crippen molar-refractivity contribution in [3.05, 3.63) is 29.8 Å². The molecule has 1 saturated carbocycles. The van der Waals surface area contributed by atoms with E-state index in [1.54, 1.807) is 18.2 Å². The average molecular weight is 342 g/mol. The minimum Gasteiger partial charge on any atom is -0.398 e. The first-order valence-corrected chi connectivity index (χ1v) is 9.13. The first-order chi connectivity index (χ1) is 10.8. The summed E-state index contributed by atoms with van der Waals surface area (Å²) < 4.78 is 45.5. The number of para-hydroxylation sites is 1. The van der Waals surface area contributed by atoms with Crippen LogP contribution in [0.1, 0.15) is 43.8 Å². The normalized spacial score (nSPS) is 27.6. The highest BCUT2D eigenvalue weighted by molar-refractivity contribution is 7.83. The van der Waals surface area contributed by atoms with E-state index < -0.39 is 28.4 Å². The molecule has 1 spiro atoms. The van der Waals surface area contributed by atoms with Gasteiger partial charge < -0.3 is 15.2 Å². The van der Waals surface area contributed by atoms with Crippen LogP contribution in [0.4, 0.5) is 5.69 Å². The molecule has 1 aromatic rings. The molecule has 8 heteroatoms. The van der Waals surface area contributed by atoms with Crippen molar-refractivity contribution < 1.29 is 22.4 Å². The van der Waals surface area contributed by atoms with E-state index in [9.17, 15) is 13.0 Å². The van der Waals surface area contributed by atoms with Gasteiger partial charge in [-0.3, -0.25) is 4.55 Å². The van der Waals surface area contributed by atoms with Gasteiger partial charge in [0, 0.05) is 31.1 Å². The fourth-order valence-electron chi connectivity index (χ4n) is 3.31. The van der Waals surface area contributed by atoms with Crippen LogP contribution in [0.15, 0.2) is 24.3 Å². The van der Waals surface area contributed by atoms with Crippen LogP contribution in [-0.2, 0) is 19.8 Å². The fourth-order valence-corrected chi connectivity index (χ4v) is 3.72. The number of nitrogen functional groups attached to an aromatic ring is 1. The third kappa shape index (κ3) is 3.22. The number of hydrogen-bond donors (Lipinski definition) is 2. The van der Waals surface area contributed by atoms with Crippen molar-refractivity contribution in [3.8, 4) is 0 Å². The molecular formula is C15H22N2O5S. The molecular weight excluding hydrogens is 320 g/mol. The van der Waals surface area contributed by atoms with Gasteiger partial charge in [0.15, 0.2) is 12.0 Å². The van der Waals surface area contributed by atoms with Gasteiger partial charge in [0.1, 0.15) is 6.10 Å². The summed E-state index contributed by atoms with van der Waals surface area (Å²) in [7, 11) is -3.13. The highest BCUT2D eigenvalue weighted by atomic mass is 32.2. The number of ether oxygens (including phenoxy) is 2. The molecule has 23 heavy (non-hydrogen) atoms. The standard InChI is InChI=1S/C15H22N2O5S/c1-17(23(18,19)20)14-13(11-7-3-4-8-12(11)16)21-15(22-14)9-5-2-6-10-15/h3-4,7-8,13-14H,2,5-6,9-10,16H2,1H3,(H,18,19,20). The highest BCUT2D eigenvalue weighted by Gasteiger charge is 2.52. The topological polar surface area (TPSA) is 102 Å². The van der Waals surface area contributed by atoms with E-state index in [1.807, 2.05) is 6.07 Å². The maximum absolute atomic E-state index is 11.6. The minimum absolute atomic E-state index is 0.502. The Kier molecular flexibility index (Phi) is 4.37. The van der Waals surface area contributed by atoms with Crippen molar-refractivity contribution in [2.24, 2.45) is 0 Å². The molecule has 0 radical (unpaired) electrons. The summed E-state index contributed by atoms with van der Waals surface area (Å²) >= 11 is 0. The number of benzene rings is 1. The molecule has 128 valence electrons. The van der Waals surface area contributed by atoms with Gasteiger partial charge in [-0.05, 0) is 18.9 Å². The molecule has 0 bridgehead atoms. The lowest BCUT2D eigenvalue weighted by atomic mass is 9.94. The van der Waals surface area contributed by atoms with E-state index in [0.29, 0.717) is 24.1 Å². The Balaban J connectivity index is 1.98. The van der Waals surface area contributed by atoms with Crippen LogP contribution in [-0.4, -0.2) is 36.3 Å². The Morgan fingerprint density at radius 3 is 2.48 bits per heavy atom. The van der Waals surface area contributed by atoms with Crippen LogP contribution in [0.3, 0.4) is 0 Å². The minimum atomic E-state index is -4.41. The summed E-state index contributed by atoms with van der Waals surface area (Å²) in [6.07, 6.45) is 2.79. The lowest BCUT2D eigenvalue weighted by Crippen LogP contribution is -2.41. The molecule has 3 rings (SSSR count). The third-order valence-electron chi connectivity index (χ3n) is 4.58. The predicted octanol–water partition coefficient (Wildman–Crippen LogP) is 2.08. The molecule has 1 saturated heterocycles. The molecule has 2 atom stereocenters. The fraction of sp³-hybridized carbons (Fsp3) is 0.600. The Morgan fingerprint density at radius 2 is 1.87 bits per heavy atom. The summed E-state index contributed by atoms with van der Waals surface area (Å²) in [6, 6.07) is 7.13.